The molecule has 0 saturated heterocycles. The van der Waals surface area contributed by atoms with Crippen molar-refractivity contribution in [3.63, 3.8) is 0 Å². The minimum atomic E-state index is 0.167. The molecule has 18 heavy (non-hydrogen) atoms. The Morgan fingerprint density at radius 2 is 1.72 bits per heavy atom. The van der Waals surface area contributed by atoms with Crippen molar-refractivity contribution >= 4 is 0 Å². The number of hydrogen-bond donors (Lipinski definition) is 1. The van der Waals surface area contributed by atoms with Crippen LogP contribution in [0.2, 0.25) is 0 Å². The lowest BCUT2D eigenvalue weighted by Gasteiger charge is -2.26. The maximum absolute atomic E-state index is 5.81. The van der Waals surface area contributed by atoms with Gasteiger partial charge in [-0.25, -0.2) is 0 Å². The summed E-state index contributed by atoms with van der Waals surface area (Å²) in [5, 5.41) is 0. The standard InChI is InChI=1S/C15H25NO2/c1-4-15(3,12-16)10-11-18-14-9-7-6-8-13(14)17-5-2/h6-9H,4-5,10-12,16H2,1-3H3. The number of rotatable bonds is 8. The monoisotopic (exact) mass is 251 g/mol. The van der Waals surface area contributed by atoms with Gasteiger partial charge in [-0.15, -0.1) is 0 Å². The molecule has 0 aliphatic carbocycles. The topological polar surface area (TPSA) is 44.5 Å². The van der Waals surface area contributed by atoms with E-state index in [1.165, 1.54) is 0 Å². The van der Waals surface area contributed by atoms with Crippen molar-refractivity contribution in [2.75, 3.05) is 19.8 Å². The summed E-state index contributed by atoms with van der Waals surface area (Å²) in [4.78, 5) is 0. The van der Waals surface area contributed by atoms with Gasteiger partial charge in [-0.1, -0.05) is 26.0 Å². The van der Waals surface area contributed by atoms with E-state index in [4.69, 9.17) is 15.2 Å². The van der Waals surface area contributed by atoms with Gasteiger partial charge in [0.2, 0.25) is 0 Å². The van der Waals surface area contributed by atoms with Crippen LogP contribution < -0.4 is 15.2 Å². The fourth-order valence-electron chi connectivity index (χ4n) is 1.67. The zero-order chi connectivity index (χ0) is 13.4. The molecule has 0 saturated carbocycles. The van der Waals surface area contributed by atoms with Crippen LogP contribution in [-0.2, 0) is 0 Å². The lowest BCUT2D eigenvalue weighted by atomic mass is 9.84. The first-order chi connectivity index (χ1) is 8.65. The normalized spacial score (nSPS) is 14.0. The lowest BCUT2D eigenvalue weighted by Crippen LogP contribution is -2.28. The molecule has 0 aliphatic rings. The Bertz CT molecular complexity index is 348. The highest BCUT2D eigenvalue weighted by Crippen LogP contribution is 2.28. The van der Waals surface area contributed by atoms with E-state index in [9.17, 15) is 0 Å². The van der Waals surface area contributed by atoms with Crippen LogP contribution in [0.25, 0.3) is 0 Å². The highest BCUT2D eigenvalue weighted by molar-refractivity contribution is 5.39. The molecule has 102 valence electrons. The molecule has 1 rings (SSSR count). The molecule has 0 spiro atoms. The van der Waals surface area contributed by atoms with E-state index in [1.54, 1.807) is 0 Å². The van der Waals surface area contributed by atoms with Crippen molar-refractivity contribution < 1.29 is 9.47 Å². The third-order valence-electron chi connectivity index (χ3n) is 3.46. The Morgan fingerprint density at radius 1 is 1.11 bits per heavy atom. The highest BCUT2D eigenvalue weighted by atomic mass is 16.5. The van der Waals surface area contributed by atoms with Crippen molar-refractivity contribution in [3.05, 3.63) is 24.3 Å². The highest BCUT2D eigenvalue weighted by Gasteiger charge is 2.20. The Hall–Kier alpha value is -1.22. The van der Waals surface area contributed by atoms with Crippen LogP contribution in [0.1, 0.15) is 33.6 Å². The van der Waals surface area contributed by atoms with Crippen LogP contribution in [0.15, 0.2) is 24.3 Å². The predicted octanol–water partition coefficient (Wildman–Crippen LogP) is 3.23. The van der Waals surface area contributed by atoms with Gasteiger partial charge in [-0.05, 0) is 43.9 Å². The molecule has 0 radical (unpaired) electrons. The summed E-state index contributed by atoms with van der Waals surface area (Å²) in [7, 11) is 0. The number of nitrogens with two attached hydrogens (primary N) is 1. The third kappa shape index (κ3) is 4.22. The zero-order valence-electron chi connectivity index (χ0n) is 11.7. The van der Waals surface area contributed by atoms with E-state index in [-0.39, 0.29) is 5.41 Å². The maximum Gasteiger partial charge on any atom is 0.161 e. The molecule has 0 aliphatic heterocycles. The van der Waals surface area contributed by atoms with Crippen LogP contribution in [0, 0.1) is 5.41 Å². The van der Waals surface area contributed by atoms with Crippen molar-refractivity contribution in [1.82, 2.24) is 0 Å². The van der Waals surface area contributed by atoms with Gasteiger partial charge >= 0.3 is 0 Å². The van der Waals surface area contributed by atoms with E-state index in [0.717, 1.165) is 24.3 Å². The molecule has 0 bridgehead atoms. The van der Waals surface area contributed by atoms with Gasteiger partial charge in [0.1, 0.15) is 0 Å². The van der Waals surface area contributed by atoms with Gasteiger partial charge in [0, 0.05) is 0 Å². The Labute approximate surface area is 110 Å². The van der Waals surface area contributed by atoms with Crippen LogP contribution in [0.4, 0.5) is 0 Å². The molecule has 1 unspecified atom stereocenters. The van der Waals surface area contributed by atoms with E-state index >= 15 is 0 Å². The summed E-state index contributed by atoms with van der Waals surface area (Å²) in [5.74, 6) is 1.63. The van der Waals surface area contributed by atoms with Crippen molar-refractivity contribution in [3.8, 4) is 11.5 Å². The minimum Gasteiger partial charge on any atom is -0.490 e. The Kier molecular flexibility index (Phi) is 5.99. The molecule has 3 nitrogen and oxygen atoms in total. The first-order valence-electron chi connectivity index (χ1n) is 6.70. The summed E-state index contributed by atoms with van der Waals surface area (Å²) in [5.41, 5.74) is 5.96. The molecular weight excluding hydrogens is 226 g/mol. The second kappa shape index (κ2) is 7.27. The summed E-state index contributed by atoms with van der Waals surface area (Å²) in [6, 6.07) is 7.78. The zero-order valence-corrected chi connectivity index (χ0v) is 11.7. The number of para-hydroxylation sites is 2. The molecule has 1 aromatic carbocycles. The van der Waals surface area contributed by atoms with Gasteiger partial charge in [-0.3, -0.25) is 0 Å². The lowest BCUT2D eigenvalue weighted by molar-refractivity contribution is 0.204. The minimum absolute atomic E-state index is 0.167. The number of hydrogen-bond acceptors (Lipinski definition) is 3. The van der Waals surface area contributed by atoms with E-state index < -0.39 is 0 Å². The Balaban J connectivity index is 2.53. The molecule has 1 atom stereocenters. The largest absolute Gasteiger partial charge is 0.490 e. The average Bonchev–Trinajstić information content (AvgIpc) is 2.41. The fourth-order valence-corrected chi connectivity index (χ4v) is 1.67. The van der Waals surface area contributed by atoms with Crippen molar-refractivity contribution in [1.29, 1.82) is 0 Å². The first-order valence-corrected chi connectivity index (χ1v) is 6.70. The average molecular weight is 251 g/mol. The smallest absolute Gasteiger partial charge is 0.161 e. The molecule has 0 amide bonds. The molecule has 0 fully saturated rings. The van der Waals surface area contributed by atoms with Crippen LogP contribution >= 0.6 is 0 Å². The third-order valence-corrected chi connectivity index (χ3v) is 3.46. The van der Waals surface area contributed by atoms with Crippen LogP contribution in [0.3, 0.4) is 0 Å². The van der Waals surface area contributed by atoms with Crippen molar-refractivity contribution in [2.45, 2.75) is 33.6 Å². The van der Waals surface area contributed by atoms with E-state index in [2.05, 4.69) is 13.8 Å². The predicted molar refractivity (Wildman–Crippen MR) is 75.2 cm³/mol. The van der Waals surface area contributed by atoms with Gasteiger partial charge in [-0.2, -0.15) is 0 Å². The summed E-state index contributed by atoms with van der Waals surface area (Å²) < 4.78 is 11.3. The molecule has 1 aromatic rings. The fraction of sp³-hybridized carbons (Fsp3) is 0.600. The second-order valence-corrected chi connectivity index (χ2v) is 4.85. The Morgan fingerprint density at radius 3 is 2.22 bits per heavy atom. The van der Waals surface area contributed by atoms with Crippen molar-refractivity contribution in [2.24, 2.45) is 11.1 Å². The van der Waals surface area contributed by atoms with E-state index in [0.29, 0.717) is 19.8 Å². The summed E-state index contributed by atoms with van der Waals surface area (Å²) in [6.07, 6.45) is 2.03. The summed E-state index contributed by atoms with van der Waals surface area (Å²) in [6.45, 7) is 8.35. The first kappa shape index (κ1) is 14.8. The van der Waals surface area contributed by atoms with Gasteiger partial charge in [0.05, 0.1) is 13.2 Å². The second-order valence-electron chi connectivity index (χ2n) is 4.85. The van der Waals surface area contributed by atoms with E-state index in [1.807, 2.05) is 31.2 Å². The summed E-state index contributed by atoms with van der Waals surface area (Å²) >= 11 is 0. The quantitative estimate of drug-likeness (QED) is 0.771. The number of ether oxygens (including phenoxy) is 2. The van der Waals surface area contributed by atoms with Gasteiger partial charge in [0.25, 0.3) is 0 Å². The molecule has 0 heterocycles. The maximum atomic E-state index is 5.81. The van der Waals surface area contributed by atoms with Gasteiger partial charge in [0.15, 0.2) is 11.5 Å². The SMILES string of the molecule is CCOc1ccccc1OCCC(C)(CC)CN. The van der Waals surface area contributed by atoms with Gasteiger partial charge < -0.3 is 15.2 Å². The molecular formula is C15H25NO2. The molecule has 0 aromatic heterocycles. The molecule has 3 heteroatoms. The van der Waals surface area contributed by atoms with Crippen LogP contribution in [0.5, 0.6) is 11.5 Å². The molecule has 2 N–H and O–H groups in total. The number of benzene rings is 1. The van der Waals surface area contributed by atoms with Crippen LogP contribution in [-0.4, -0.2) is 19.8 Å².